The van der Waals surface area contributed by atoms with Gasteiger partial charge in [-0.1, -0.05) is 71.9 Å². The molecular weight excluding hydrogens is 590 g/mol. The van der Waals surface area contributed by atoms with Crippen LogP contribution in [0.15, 0.2) is 50.6 Å². The van der Waals surface area contributed by atoms with Crippen LogP contribution in [0.1, 0.15) is 67.9 Å². The number of carbonyl (C=O) groups is 2. The van der Waals surface area contributed by atoms with Crippen molar-refractivity contribution in [3.05, 3.63) is 83.4 Å². The van der Waals surface area contributed by atoms with Gasteiger partial charge in [-0.25, -0.2) is 9.59 Å². The summed E-state index contributed by atoms with van der Waals surface area (Å²) >= 11 is 15.1. The van der Waals surface area contributed by atoms with Gasteiger partial charge in [0.05, 0.1) is 23.3 Å². The minimum Gasteiger partial charge on any atom is -1.00 e. The summed E-state index contributed by atoms with van der Waals surface area (Å²) in [4.78, 5) is 25.8. The summed E-state index contributed by atoms with van der Waals surface area (Å²) in [5.41, 5.74) is 2.16. The van der Waals surface area contributed by atoms with Crippen LogP contribution in [0.25, 0.3) is 12.2 Å². The largest absolute Gasteiger partial charge is 1.00 e. The number of aromatic amines is 1. The second-order valence-corrected chi connectivity index (χ2v) is 8.17. The van der Waals surface area contributed by atoms with Crippen molar-refractivity contribution in [2.75, 3.05) is 18.5 Å². The molecule has 37 heavy (non-hydrogen) atoms. The van der Waals surface area contributed by atoms with Gasteiger partial charge in [0.25, 0.3) is 0 Å². The predicted molar refractivity (Wildman–Crippen MR) is 159 cm³/mol. The van der Waals surface area contributed by atoms with E-state index in [1.165, 1.54) is 0 Å². The molecule has 2 aromatic heterocycles. The maximum atomic E-state index is 11.8. The van der Waals surface area contributed by atoms with E-state index in [1.807, 2.05) is 6.08 Å². The Morgan fingerprint density at radius 1 is 1.00 bits per heavy atom. The number of allylic oxidation sites excluding steroid dienone is 2. The number of carbonyl (C=O) groups excluding carboxylic acids is 2. The molecule has 0 aliphatic carbocycles. The van der Waals surface area contributed by atoms with Crippen LogP contribution in [0.4, 0.5) is 0 Å². The molecule has 0 amide bonds. The molecule has 0 saturated heterocycles. The van der Waals surface area contributed by atoms with Crippen molar-refractivity contribution in [2.45, 2.75) is 40.7 Å². The van der Waals surface area contributed by atoms with Crippen molar-refractivity contribution in [1.29, 1.82) is 0 Å². The molecule has 202 valence electrons. The van der Waals surface area contributed by atoms with Gasteiger partial charge in [0.2, 0.25) is 0 Å². The van der Waals surface area contributed by atoms with Crippen LogP contribution in [-0.4, -0.2) is 40.0 Å². The van der Waals surface area contributed by atoms with Gasteiger partial charge in [0.15, 0.2) is 0 Å². The van der Waals surface area contributed by atoms with Gasteiger partial charge in [-0.2, -0.15) is 0 Å². The maximum Gasteiger partial charge on any atom is 1.00 e. The fourth-order valence-electron chi connectivity index (χ4n) is 2.56. The van der Waals surface area contributed by atoms with Crippen LogP contribution in [0.2, 0.25) is 10.0 Å². The number of hydrogen-bond acceptors (Lipinski definition) is 4. The van der Waals surface area contributed by atoms with Gasteiger partial charge < -0.3 is 20.5 Å². The first-order chi connectivity index (χ1) is 16.7. The monoisotopic (exact) mass is 626 g/mol. The summed E-state index contributed by atoms with van der Waals surface area (Å²) in [7, 11) is 0. The third-order valence-electron chi connectivity index (χ3n) is 4.12. The van der Waals surface area contributed by atoms with E-state index in [1.54, 1.807) is 48.8 Å². The van der Waals surface area contributed by atoms with Crippen LogP contribution in [0.3, 0.4) is 0 Å². The molecular formula is C27H38BrCl2N2NaO4. The van der Waals surface area contributed by atoms with Gasteiger partial charge in [0, 0.05) is 23.3 Å². The van der Waals surface area contributed by atoms with Crippen LogP contribution >= 0.6 is 39.1 Å². The molecule has 0 saturated carbocycles. The molecule has 0 aliphatic rings. The van der Waals surface area contributed by atoms with E-state index in [0.717, 1.165) is 23.9 Å². The number of aromatic nitrogens is 2. The summed E-state index contributed by atoms with van der Waals surface area (Å²) in [6.07, 6.45) is 8.73. The molecule has 2 heterocycles. The van der Waals surface area contributed by atoms with E-state index in [9.17, 15) is 9.59 Å². The number of esters is 2. The summed E-state index contributed by atoms with van der Waals surface area (Å²) in [5.74, 6) is -0.852. The van der Waals surface area contributed by atoms with E-state index in [2.05, 4.69) is 47.2 Å². The van der Waals surface area contributed by atoms with Crippen molar-refractivity contribution in [3.8, 4) is 0 Å². The van der Waals surface area contributed by atoms with Gasteiger partial charge in [-0.3, -0.25) is 0 Å². The Labute approximate surface area is 263 Å². The third-order valence-corrected chi connectivity index (χ3v) is 5.16. The summed E-state index contributed by atoms with van der Waals surface area (Å²) in [6, 6.07) is 3.34. The molecule has 0 atom stereocenters. The number of rotatable bonds is 11. The first-order valence-electron chi connectivity index (χ1n) is 10.9. The first-order valence-corrected chi connectivity index (χ1v) is 12.8. The fourth-order valence-corrected chi connectivity index (χ4v) is 3.42. The Bertz CT molecular complexity index is 1010. The molecule has 0 bridgehead atoms. The summed E-state index contributed by atoms with van der Waals surface area (Å²) < 4.78 is 11.6. The molecule has 0 aromatic carbocycles. The number of H-pyrrole nitrogens is 1. The van der Waals surface area contributed by atoms with E-state index in [-0.39, 0.29) is 44.1 Å². The van der Waals surface area contributed by atoms with Crippen LogP contribution in [0.5, 0.6) is 0 Å². The Hall–Kier alpha value is -1.48. The van der Waals surface area contributed by atoms with Crippen molar-refractivity contribution < 1.29 is 50.0 Å². The van der Waals surface area contributed by atoms with Crippen molar-refractivity contribution in [3.63, 3.8) is 0 Å². The van der Waals surface area contributed by atoms with Crippen molar-refractivity contribution in [2.24, 2.45) is 0 Å². The zero-order chi connectivity index (χ0) is 26.8. The Kier molecular flexibility index (Phi) is 25.6. The van der Waals surface area contributed by atoms with Crippen LogP contribution in [-0.2, 0) is 16.0 Å². The molecule has 6 nitrogen and oxygen atoms in total. The molecule has 2 aromatic rings. The van der Waals surface area contributed by atoms with Crippen molar-refractivity contribution in [1.82, 2.24) is 9.55 Å². The van der Waals surface area contributed by atoms with E-state index >= 15 is 0 Å². The number of alkyl halides is 1. The number of nitrogens with one attached hydrogen (secondary N) is 1. The Morgan fingerprint density at radius 2 is 1.57 bits per heavy atom. The molecule has 0 radical (unpaired) electrons. The van der Waals surface area contributed by atoms with E-state index in [4.69, 9.17) is 32.7 Å². The number of ether oxygens (including phenoxy) is 2. The quantitative estimate of drug-likeness (QED) is 0.149. The second-order valence-electron chi connectivity index (χ2n) is 6.56. The van der Waals surface area contributed by atoms with Gasteiger partial charge in [-0.15, -0.1) is 13.2 Å². The van der Waals surface area contributed by atoms with Gasteiger partial charge in [-0.05, 0) is 51.0 Å². The molecule has 0 unspecified atom stereocenters. The number of halogens is 3. The Balaban J connectivity index is -0.000000247. The zero-order valence-corrected chi connectivity index (χ0v) is 26.3. The zero-order valence-electron chi connectivity index (χ0n) is 22.2. The number of hydrogen-bond donors (Lipinski definition) is 1. The predicted octanol–water partition coefficient (Wildman–Crippen LogP) is 5.74. The topological polar surface area (TPSA) is 73.3 Å². The van der Waals surface area contributed by atoms with Crippen LogP contribution in [0, 0.1) is 0 Å². The standard InChI is InChI=1S/C13H16ClNO2.C9H10ClNO2.C4H7Br.CH4.Na.H/c1-4-7-8-15-10(5-2)9-11(14)12(15)13(16)17-6-3;1-3-6-5-7(10)8(11-6)9(12)13-4-2;1-2-3-4-5;;;/h4-5,9H,1-2,6-8H2,3H3;3,5,11H,1,4H2,2H3;2H,1,3-4H2;1H4;;/q;;;;+1;-1. The molecule has 10 heteroatoms. The van der Waals surface area contributed by atoms with E-state index < -0.39 is 11.9 Å². The third kappa shape index (κ3) is 14.3. The molecule has 0 fully saturated rings. The number of nitrogens with zero attached hydrogens (tertiary/aromatic N) is 1. The van der Waals surface area contributed by atoms with Gasteiger partial charge in [0.1, 0.15) is 11.4 Å². The van der Waals surface area contributed by atoms with Gasteiger partial charge >= 0.3 is 41.5 Å². The molecule has 2 rings (SSSR count). The minimum atomic E-state index is -0.444. The average Bonchev–Trinajstić information content (AvgIpc) is 3.38. The molecule has 0 aliphatic heterocycles. The maximum absolute atomic E-state index is 11.8. The smallest absolute Gasteiger partial charge is 1.00 e. The van der Waals surface area contributed by atoms with E-state index in [0.29, 0.717) is 41.2 Å². The van der Waals surface area contributed by atoms with Crippen LogP contribution < -0.4 is 29.6 Å². The fraction of sp³-hybridized carbons (Fsp3) is 0.333. The average molecular weight is 628 g/mol. The normalized spacial score (nSPS) is 9.00. The first kappa shape index (κ1) is 40.0. The summed E-state index contributed by atoms with van der Waals surface area (Å²) in [5, 5.41) is 1.78. The Morgan fingerprint density at radius 3 is 1.97 bits per heavy atom. The summed E-state index contributed by atoms with van der Waals surface area (Å²) in [6.45, 7) is 19.2. The minimum absolute atomic E-state index is 0. The molecule has 1 N–H and O–H groups in total. The SMILES string of the molecule is C.C=CCCBr.C=CCCn1c(C=C)cc(Cl)c1C(=O)OCC.C=Cc1cc(Cl)c(C(=O)OCC)[nH]1.[H-].[Na+]. The second kappa shape index (κ2) is 23.6. The molecule has 0 spiro atoms. The van der Waals surface area contributed by atoms with Crippen molar-refractivity contribution >= 4 is 63.2 Å².